The molecule has 5 aromatic rings. The first kappa shape index (κ1) is 37.3. The molecule has 1 unspecified atom stereocenters. The number of piperidine rings is 2. The maximum absolute atomic E-state index is 15.1. The van der Waals surface area contributed by atoms with E-state index in [0.29, 0.717) is 57.6 Å². The van der Waals surface area contributed by atoms with Crippen LogP contribution in [0.5, 0.6) is 5.75 Å². The molecule has 2 aromatic carbocycles. The second-order valence-corrected chi connectivity index (χ2v) is 16.4. The standard InChI is InChI=1S/C44H47F2N9O4/c1-26(56)52-18-13-35-33(25-52)43(54-15-4-5-27-21-29(30(42(45)46)22-39(27)54)32-24-50(2)34-10-14-47-23-31(32)34)49-55(35)28-11-16-51(17-12-28)36-6-3-7-37-41(36)59-20-19-53(37)38-8-9-40(57)48-44(38)58/h3,6-7,10,14,21-24,28,38,42H,4-5,8-9,11-13,15-20,25H2,1-2H3,(H,48,57,58). The van der Waals surface area contributed by atoms with E-state index in [1.807, 2.05) is 47.0 Å². The zero-order valence-electron chi connectivity index (χ0n) is 33.3. The van der Waals surface area contributed by atoms with Crippen LogP contribution in [0.25, 0.3) is 22.0 Å². The maximum atomic E-state index is 15.1. The molecule has 1 N–H and O–H groups in total. The smallest absolute Gasteiger partial charge is 0.264 e. The first-order valence-electron chi connectivity index (χ1n) is 20.7. The molecule has 0 aliphatic carbocycles. The van der Waals surface area contributed by atoms with Gasteiger partial charge in [-0.05, 0) is 73.6 Å². The molecule has 15 heteroatoms. The number of carbonyl (C=O) groups excluding carboxylic acids is 3. The number of carbonyl (C=O) groups is 3. The third kappa shape index (κ3) is 6.36. The third-order valence-electron chi connectivity index (χ3n) is 13.1. The Morgan fingerprint density at radius 1 is 0.949 bits per heavy atom. The van der Waals surface area contributed by atoms with Crippen LogP contribution >= 0.6 is 0 Å². The van der Waals surface area contributed by atoms with Crippen LogP contribution in [-0.2, 0) is 40.8 Å². The zero-order chi connectivity index (χ0) is 40.5. The largest absolute Gasteiger partial charge is 0.487 e. The van der Waals surface area contributed by atoms with Crippen LogP contribution in [0.2, 0.25) is 0 Å². The van der Waals surface area contributed by atoms with Crippen molar-refractivity contribution in [1.82, 2.24) is 29.5 Å². The van der Waals surface area contributed by atoms with E-state index in [0.717, 1.165) is 101 Å². The molecule has 2 fully saturated rings. The summed E-state index contributed by atoms with van der Waals surface area (Å²) in [5.41, 5.74) is 7.86. The SMILES string of the molecule is CC(=O)N1CCc2c(c(N3CCCc4cc(-c5cn(C)c6ccncc56)c(C(F)F)cc43)nn2C2CCN(c3cccc4c3OCCN4C3CCC(=O)NC3=O)CC2)C1. The Morgan fingerprint density at radius 3 is 2.58 bits per heavy atom. The Bertz CT molecular complexity index is 2510. The Kier molecular flexibility index (Phi) is 9.28. The number of para-hydroxylation sites is 1. The van der Waals surface area contributed by atoms with Gasteiger partial charge in [0.2, 0.25) is 17.7 Å². The molecule has 5 aliphatic rings. The normalized spacial score (nSPS) is 19.8. The Morgan fingerprint density at radius 2 is 1.78 bits per heavy atom. The number of aromatic nitrogens is 4. The number of halogens is 2. The molecule has 0 radical (unpaired) electrons. The van der Waals surface area contributed by atoms with Crippen LogP contribution in [0, 0.1) is 0 Å². The predicted octanol–water partition coefficient (Wildman–Crippen LogP) is 6.21. The molecule has 306 valence electrons. The zero-order valence-corrected chi connectivity index (χ0v) is 33.3. The second-order valence-electron chi connectivity index (χ2n) is 16.4. The Labute approximate surface area is 340 Å². The van der Waals surface area contributed by atoms with Crippen molar-refractivity contribution in [3.8, 4) is 16.9 Å². The lowest BCUT2D eigenvalue weighted by Gasteiger charge is -2.41. The molecule has 13 nitrogen and oxygen atoms in total. The van der Waals surface area contributed by atoms with Crippen LogP contribution in [0.4, 0.5) is 31.7 Å². The van der Waals surface area contributed by atoms with E-state index in [1.54, 1.807) is 25.4 Å². The van der Waals surface area contributed by atoms with Gasteiger partial charge in [0, 0.05) is 105 Å². The first-order valence-corrected chi connectivity index (χ1v) is 20.7. The van der Waals surface area contributed by atoms with E-state index >= 15 is 8.78 Å². The lowest BCUT2D eigenvalue weighted by atomic mass is 9.91. The van der Waals surface area contributed by atoms with E-state index in [9.17, 15) is 14.4 Å². The number of hydrogen-bond donors (Lipinski definition) is 1. The van der Waals surface area contributed by atoms with E-state index < -0.39 is 12.5 Å². The van der Waals surface area contributed by atoms with Gasteiger partial charge in [0.1, 0.15) is 12.6 Å². The molecule has 8 heterocycles. The van der Waals surface area contributed by atoms with Crippen molar-refractivity contribution in [1.29, 1.82) is 0 Å². The van der Waals surface area contributed by atoms with Gasteiger partial charge < -0.3 is 28.9 Å². The number of ether oxygens (including phenoxy) is 1. The molecule has 2 saturated heterocycles. The quantitative estimate of drug-likeness (QED) is 0.200. The summed E-state index contributed by atoms with van der Waals surface area (Å²) in [6.45, 7) is 5.75. The minimum absolute atomic E-state index is 0.000454. The number of benzene rings is 2. The van der Waals surface area contributed by atoms with Gasteiger partial charge >= 0.3 is 0 Å². The van der Waals surface area contributed by atoms with Crippen molar-refractivity contribution in [2.45, 2.75) is 76.9 Å². The summed E-state index contributed by atoms with van der Waals surface area (Å²) >= 11 is 0. The highest BCUT2D eigenvalue weighted by Crippen LogP contribution is 2.46. The average Bonchev–Trinajstić information content (AvgIpc) is 3.80. The number of rotatable bonds is 6. The van der Waals surface area contributed by atoms with Crippen molar-refractivity contribution in [3.05, 3.63) is 77.4 Å². The molecule has 0 bridgehead atoms. The summed E-state index contributed by atoms with van der Waals surface area (Å²) in [5, 5.41) is 8.70. The van der Waals surface area contributed by atoms with E-state index in [2.05, 4.69) is 35.7 Å². The average molecular weight is 804 g/mol. The lowest BCUT2D eigenvalue weighted by molar-refractivity contribution is -0.134. The van der Waals surface area contributed by atoms with Crippen molar-refractivity contribution >= 4 is 51.5 Å². The molecule has 0 saturated carbocycles. The van der Waals surface area contributed by atoms with Crippen molar-refractivity contribution in [2.75, 3.05) is 54.0 Å². The van der Waals surface area contributed by atoms with Gasteiger partial charge in [-0.3, -0.25) is 29.4 Å². The molecule has 10 rings (SSSR count). The van der Waals surface area contributed by atoms with Crippen molar-refractivity contribution in [2.24, 2.45) is 7.05 Å². The number of anilines is 4. The first-order chi connectivity index (χ1) is 28.6. The third-order valence-corrected chi connectivity index (χ3v) is 13.1. The van der Waals surface area contributed by atoms with Gasteiger partial charge in [-0.1, -0.05) is 6.07 Å². The van der Waals surface area contributed by atoms with Gasteiger partial charge in [0.25, 0.3) is 6.43 Å². The Hall–Kier alpha value is -5.99. The van der Waals surface area contributed by atoms with Crippen LogP contribution in [0.15, 0.2) is 55.0 Å². The number of fused-ring (bicyclic) bond motifs is 4. The van der Waals surface area contributed by atoms with Gasteiger partial charge in [-0.25, -0.2) is 8.78 Å². The summed E-state index contributed by atoms with van der Waals surface area (Å²) in [5.74, 6) is 1.01. The molecule has 1 atom stereocenters. The van der Waals surface area contributed by atoms with Crippen LogP contribution < -0.4 is 24.8 Å². The molecule has 5 aliphatic heterocycles. The summed E-state index contributed by atoms with van der Waals surface area (Å²) < 4.78 is 40.7. The fourth-order valence-electron chi connectivity index (χ4n) is 10.1. The summed E-state index contributed by atoms with van der Waals surface area (Å²) in [7, 11) is 1.92. The number of hydrogen-bond acceptors (Lipinski definition) is 9. The number of pyridine rings is 1. The van der Waals surface area contributed by atoms with Crippen LogP contribution in [0.1, 0.15) is 73.9 Å². The minimum Gasteiger partial charge on any atom is -0.487 e. The lowest BCUT2D eigenvalue weighted by Crippen LogP contribution is -2.54. The topological polar surface area (TPSA) is 121 Å². The summed E-state index contributed by atoms with van der Waals surface area (Å²) in [4.78, 5) is 50.2. The number of alkyl halides is 2. The van der Waals surface area contributed by atoms with Crippen molar-refractivity contribution in [3.63, 3.8) is 0 Å². The number of imide groups is 1. The monoisotopic (exact) mass is 803 g/mol. The van der Waals surface area contributed by atoms with Crippen LogP contribution in [-0.4, -0.2) is 87.3 Å². The molecule has 3 aromatic heterocycles. The highest BCUT2D eigenvalue weighted by Gasteiger charge is 2.38. The minimum atomic E-state index is -2.70. The molecule has 3 amide bonds. The van der Waals surface area contributed by atoms with Gasteiger partial charge in [0.15, 0.2) is 11.6 Å². The predicted molar refractivity (Wildman–Crippen MR) is 219 cm³/mol. The fraction of sp³-hybridized carbons (Fsp3) is 0.432. The fourth-order valence-corrected chi connectivity index (χ4v) is 10.1. The molecule has 59 heavy (non-hydrogen) atoms. The van der Waals surface area contributed by atoms with Gasteiger partial charge in [0.05, 0.1) is 36.0 Å². The highest BCUT2D eigenvalue weighted by molar-refractivity contribution is 6.02. The molecular weight excluding hydrogens is 757 g/mol. The Balaban J connectivity index is 0.963. The van der Waals surface area contributed by atoms with Crippen molar-refractivity contribution < 1.29 is 27.9 Å². The van der Waals surface area contributed by atoms with Gasteiger partial charge in [-0.15, -0.1) is 0 Å². The van der Waals surface area contributed by atoms with Gasteiger partial charge in [-0.2, -0.15) is 5.10 Å². The highest BCUT2D eigenvalue weighted by atomic mass is 19.3. The van der Waals surface area contributed by atoms with E-state index in [-0.39, 0.29) is 29.3 Å². The summed E-state index contributed by atoms with van der Waals surface area (Å²) in [6.07, 6.45) is 7.35. The maximum Gasteiger partial charge on any atom is 0.264 e. The van der Waals surface area contributed by atoms with E-state index in [1.165, 1.54) is 0 Å². The number of nitrogens with one attached hydrogen (secondary N) is 1. The van der Waals surface area contributed by atoms with E-state index in [4.69, 9.17) is 9.84 Å². The molecular formula is C44H47F2N9O4. The number of amides is 3. The summed E-state index contributed by atoms with van der Waals surface area (Å²) in [6, 6.07) is 11.3. The second kappa shape index (κ2) is 14.7. The molecule has 0 spiro atoms. The number of aryl methyl sites for hydroxylation is 2. The van der Waals surface area contributed by atoms with Crippen LogP contribution in [0.3, 0.4) is 0 Å². The number of nitrogens with zero attached hydrogens (tertiary/aromatic N) is 8.